The van der Waals surface area contributed by atoms with E-state index in [1.807, 2.05) is 18.2 Å². The number of halogens is 1. The van der Waals surface area contributed by atoms with E-state index in [0.29, 0.717) is 10.7 Å². The molecule has 2 aliphatic heterocycles. The van der Waals surface area contributed by atoms with E-state index in [0.717, 1.165) is 42.3 Å². The van der Waals surface area contributed by atoms with Crippen LogP contribution in [0.2, 0.25) is 5.02 Å². The molecule has 2 saturated heterocycles. The highest BCUT2D eigenvalue weighted by Crippen LogP contribution is 2.27. The standard InChI is InChI=1S/C21H21ClN4O2/c1-24-10-12-25(13-11-24)19-5-3-2-4-15(19)14-18-20(27)26(21(28)23-18)17-8-6-16(22)7-9-17/h2-9,14H,10-13H2,1H3,(H,23,28)/b18-14-. The second-order valence-electron chi connectivity index (χ2n) is 6.95. The summed E-state index contributed by atoms with van der Waals surface area (Å²) >= 11 is 5.90. The number of amides is 3. The molecular weight excluding hydrogens is 376 g/mol. The highest BCUT2D eigenvalue weighted by atomic mass is 35.5. The number of anilines is 2. The van der Waals surface area contributed by atoms with E-state index in [1.165, 1.54) is 0 Å². The van der Waals surface area contributed by atoms with Gasteiger partial charge in [0.25, 0.3) is 5.91 Å². The number of nitrogens with one attached hydrogen (secondary N) is 1. The topological polar surface area (TPSA) is 55.9 Å². The van der Waals surface area contributed by atoms with Crippen LogP contribution in [0.25, 0.3) is 6.08 Å². The number of piperazine rings is 1. The molecular formula is C21H21ClN4O2. The van der Waals surface area contributed by atoms with E-state index in [1.54, 1.807) is 30.3 Å². The molecule has 2 aromatic rings. The molecule has 0 aromatic heterocycles. The van der Waals surface area contributed by atoms with E-state index >= 15 is 0 Å². The maximum absolute atomic E-state index is 12.9. The largest absolute Gasteiger partial charge is 0.368 e. The van der Waals surface area contributed by atoms with Crippen molar-refractivity contribution in [2.45, 2.75) is 0 Å². The van der Waals surface area contributed by atoms with Gasteiger partial charge in [-0.05, 0) is 43.5 Å². The lowest BCUT2D eigenvalue weighted by molar-refractivity contribution is -0.113. The monoisotopic (exact) mass is 396 g/mol. The fraction of sp³-hybridized carbons (Fsp3) is 0.238. The Labute approximate surface area is 169 Å². The van der Waals surface area contributed by atoms with Crippen LogP contribution < -0.4 is 15.1 Å². The van der Waals surface area contributed by atoms with Crippen molar-refractivity contribution in [3.05, 3.63) is 64.8 Å². The number of para-hydroxylation sites is 1. The summed E-state index contributed by atoms with van der Waals surface area (Å²) in [7, 11) is 2.11. The van der Waals surface area contributed by atoms with Crippen LogP contribution in [-0.2, 0) is 4.79 Å². The van der Waals surface area contributed by atoms with Crippen molar-refractivity contribution in [3.8, 4) is 0 Å². The average Bonchev–Trinajstić information content (AvgIpc) is 2.97. The summed E-state index contributed by atoms with van der Waals surface area (Å²) in [6.45, 7) is 3.83. The Hall–Kier alpha value is -2.83. The van der Waals surface area contributed by atoms with Gasteiger partial charge in [0, 0.05) is 42.5 Å². The van der Waals surface area contributed by atoms with Crippen molar-refractivity contribution in [1.82, 2.24) is 10.2 Å². The van der Waals surface area contributed by atoms with Crippen molar-refractivity contribution < 1.29 is 9.59 Å². The molecule has 1 N–H and O–H groups in total. The summed E-state index contributed by atoms with van der Waals surface area (Å²) in [5, 5.41) is 3.24. The highest BCUT2D eigenvalue weighted by molar-refractivity contribution is 6.31. The van der Waals surface area contributed by atoms with Gasteiger partial charge in [0.15, 0.2) is 0 Å². The van der Waals surface area contributed by atoms with Gasteiger partial charge in [0.05, 0.1) is 5.69 Å². The molecule has 0 saturated carbocycles. The molecule has 2 aliphatic rings. The lowest BCUT2D eigenvalue weighted by atomic mass is 10.1. The Kier molecular flexibility index (Phi) is 5.07. The fourth-order valence-electron chi connectivity index (χ4n) is 3.46. The predicted molar refractivity (Wildman–Crippen MR) is 112 cm³/mol. The predicted octanol–water partition coefficient (Wildman–Crippen LogP) is 3.19. The third-order valence-electron chi connectivity index (χ3n) is 5.04. The summed E-state index contributed by atoms with van der Waals surface area (Å²) in [4.78, 5) is 31.0. The van der Waals surface area contributed by atoms with Gasteiger partial charge in [-0.25, -0.2) is 9.69 Å². The summed E-state index contributed by atoms with van der Waals surface area (Å²) in [5.41, 5.74) is 2.73. The number of nitrogens with zero attached hydrogens (tertiary/aromatic N) is 3. The minimum Gasteiger partial charge on any atom is -0.368 e. The number of imide groups is 1. The Morgan fingerprint density at radius 3 is 2.36 bits per heavy atom. The van der Waals surface area contributed by atoms with Gasteiger partial charge in [-0.3, -0.25) is 4.79 Å². The Morgan fingerprint density at radius 2 is 1.64 bits per heavy atom. The Morgan fingerprint density at radius 1 is 0.964 bits per heavy atom. The van der Waals surface area contributed by atoms with Crippen molar-refractivity contribution >= 4 is 41.0 Å². The number of hydrogen-bond donors (Lipinski definition) is 1. The maximum atomic E-state index is 12.9. The van der Waals surface area contributed by atoms with Gasteiger partial charge < -0.3 is 15.1 Å². The van der Waals surface area contributed by atoms with E-state index in [-0.39, 0.29) is 11.6 Å². The van der Waals surface area contributed by atoms with Crippen LogP contribution in [0.5, 0.6) is 0 Å². The van der Waals surface area contributed by atoms with E-state index in [9.17, 15) is 9.59 Å². The first kappa shape index (κ1) is 18.5. The van der Waals surface area contributed by atoms with Gasteiger partial charge >= 0.3 is 6.03 Å². The van der Waals surface area contributed by atoms with E-state index in [4.69, 9.17) is 11.6 Å². The number of rotatable bonds is 3. The van der Waals surface area contributed by atoms with Crippen LogP contribution in [0.3, 0.4) is 0 Å². The smallest absolute Gasteiger partial charge is 0.333 e. The number of urea groups is 1. The summed E-state index contributed by atoms with van der Waals surface area (Å²) in [6, 6.07) is 14.1. The van der Waals surface area contributed by atoms with E-state index < -0.39 is 6.03 Å². The van der Waals surface area contributed by atoms with Gasteiger partial charge in [0.2, 0.25) is 0 Å². The average molecular weight is 397 g/mol. The van der Waals surface area contributed by atoms with Crippen LogP contribution in [-0.4, -0.2) is 50.1 Å². The maximum Gasteiger partial charge on any atom is 0.333 e. The first-order valence-electron chi connectivity index (χ1n) is 9.18. The summed E-state index contributed by atoms with van der Waals surface area (Å²) in [6.07, 6.45) is 1.75. The zero-order valence-corrected chi connectivity index (χ0v) is 16.3. The zero-order chi connectivity index (χ0) is 19.7. The molecule has 4 rings (SSSR count). The second-order valence-corrected chi connectivity index (χ2v) is 7.39. The lowest BCUT2D eigenvalue weighted by Crippen LogP contribution is -2.44. The highest BCUT2D eigenvalue weighted by Gasteiger charge is 2.35. The molecule has 0 unspecified atom stereocenters. The third-order valence-corrected chi connectivity index (χ3v) is 5.30. The molecule has 2 heterocycles. The molecule has 0 spiro atoms. The van der Waals surface area contributed by atoms with Crippen LogP contribution >= 0.6 is 11.6 Å². The number of hydrogen-bond acceptors (Lipinski definition) is 4. The number of benzene rings is 2. The van der Waals surface area contributed by atoms with Crippen molar-refractivity contribution in [2.24, 2.45) is 0 Å². The number of likely N-dealkylation sites (N-methyl/N-ethyl adjacent to an activating group) is 1. The number of carbonyl (C=O) groups is 2. The molecule has 2 fully saturated rings. The van der Waals surface area contributed by atoms with E-state index in [2.05, 4.69) is 28.2 Å². The first-order chi connectivity index (χ1) is 13.5. The van der Waals surface area contributed by atoms with Gasteiger partial charge in [-0.15, -0.1) is 0 Å². The summed E-state index contributed by atoms with van der Waals surface area (Å²) in [5.74, 6) is -0.375. The molecule has 0 aliphatic carbocycles. The molecule has 6 nitrogen and oxygen atoms in total. The van der Waals surface area contributed by atoms with Crippen molar-refractivity contribution in [1.29, 1.82) is 0 Å². The third kappa shape index (κ3) is 3.61. The van der Waals surface area contributed by atoms with Crippen LogP contribution in [0, 0.1) is 0 Å². The molecule has 28 heavy (non-hydrogen) atoms. The fourth-order valence-corrected chi connectivity index (χ4v) is 3.59. The molecule has 0 radical (unpaired) electrons. The molecule has 2 aromatic carbocycles. The minimum atomic E-state index is -0.462. The van der Waals surface area contributed by atoms with Crippen LogP contribution in [0.1, 0.15) is 5.56 Å². The van der Waals surface area contributed by atoms with Crippen molar-refractivity contribution in [2.75, 3.05) is 43.0 Å². The molecule has 3 amide bonds. The van der Waals surface area contributed by atoms with Crippen LogP contribution in [0.15, 0.2) is 54.2 Å². The Balaban J connectivity index is 1.62. The van der Waals surface area contributed by atoms with Crippen LogP contribution in [0.4, 0.5) is 16.2 Å². The zero-order valence-electron chi connectivity index (χ0n) is 15.6. The number of carbonyl (C=O) groups excluding carboxylic acids is 2. The molecule has 7 heteroatoms. The second kappa shape index (κ2) is 7.66. The molecule has 144 valence electrons. The van der Waals surface area contributed by atoms with Gasteiger partial charge in [0.1, 0.15) is 5.70 Å². The lowest BCUT2D eigenvalue weighted by Gasteiger charge is -2.34. The SMILES string of the molecule is CN1CCN(c2ccccc2/C=C2\NC(=O)N(c3ccc(Cl)cc3)C2=O)CC1. The summed E-state index contributed by atoms with van der Waals surface area (Å²) < 4.78 is 0. The molecule has 0 bridgehead atoms. The normalized spacial score (nSPS) is 19.4. The van der Waals surface area contributed by atoms with Gasteiger partial charge in [-0.2, -0.15) is 0 Å². The van der Waals surface area contributed by atoms with Crippen molar-refractivity contribution in [3.63, 3.8) is 0 Å². The van der Waals surface area contributed by atoms with Gasteiger partial charge in [-0.1, -0.05) is 29.8 Å². The Bertz CT molecular complexity index is 934. The quantitative estimate of drug-likeness (QED) is 0.639. The minimum absolute atomic E-state index is 0.265. The first-order valence-corrected chi connectivity index (χ1v) is 9.56. The molecule has 0 atom stereocenters.